The average molecular weight is 431 g/mol. The molecule has 32 heavy (non-hydrogen) atoms. The van der Waals surface area contributed by atoms with Crippen LogP contribution in [0.3, 0.4) is 0 Å². The van der Waals surface area contributed by atoms with Crippen LogP contribution in [0.25, 0.3) is 0 Å². The largest absolute Gasteiger partial charge is 0.457 e. The number of fused-ring (bicyclic) bond motifs is 3. The first-order valence-electron chi connectivity index (χ1n) is 10.3. The number of hydrogen-bond acceptors (Lipinski definition) is 6. The summed E-state index contributed by atoms with van der Waals surface area (Å²) in [6.45, 7) is 2.03. The van der Waals surface area contributed by atoms with Crippen molar-refractivity contribution in [3.63, 3.8) is 0 Å². The molecule has 7 heteroatoms. The van der Waals surface area contributed by atoms with Crippen LogP contribution in [0.1, 0.15) is 29.5 Å². The summed E-state index contributed by atoms with van der Waals surface area (Å²) in [5, 5.41) is 2.80. The number of carbonyl (C=O) groups excluding carboxylic acids is 2. The molecule has 0 aliphatic carbocycles. The van der Waals surface area contributed by atoms with Gasteiger partial charge in [0.05, 0.1) is 0 Å². The molecule has 0 fully saturated rings. The van der Waals surface area contributed by atoms with E-state index < -0.39 is 18.0 Å². The van der Waals surface area contributed by atoms with Gasteiger partial charge < -0.3 is 24.3 Å². The zero-order valence-corrected chi connectivity index (χ0v) is 17.4. The van der Waals surface area contributed by atoms with Gasteiger partial charge in [-0.2, -0.15) is 0 Å². The van der Waals surface area contributed by atoms with Gasteiger partial charge in [0, 0.05) is 17.7 Å². The van der Waals surface area contributed by atoms with Gasteiger partial charge in [-0.15, -0.1) is 0 Å². The second-order valence-corrected chi connectivity index (χ2v) is 7.60. The molecule has 2 heterocycles. The Hall–Kier alpha value is -4.00. The lowest BCUT2D eigenvalue weighted by atomic mass is 9.88. The van der Waals surface area contributed by atoms with Gasteiger partial charge in [-0.05, 0) is 36.8 Å². The number of benzene rings is 3. The van der Waals surface area contributed by atoms with Crippen molar-refractivity contribution in [1.82, 2.24) is 5.32 Å². The summed E-state index contributed by atoms with van der Waals surface area (Å²) in [4.78, 5) is 25.7. The minimum atomic E-state index is -0.960. The first-order chi connectivity index (χ1) is 15.6. The molecule has 0 saturated heterocycles. The normalized spacial score (nSPS) is 14.5. The van der Waals surface area contributed by atoms with Crippen LogP contribution in [0.15, 0.2) is 66.7 Å². The summed E-state index contributed by atoms with van der Waals surface area (Å²) in [6, 6.07) is 20.1. The summed E-state index contributed by atoms with van der Waals surface area (Å²) >= 11 is 0. The molecule has 0 bridgehead atoms. The van der Waals surface area contributed by atoms with Crippen LogP contribution in [-0.4, -0.2) is 24.8 Å². The monoisotopic (exact) mass is 431 g/mol. The zero-order chi connectivity index (χ0) is 22.1. The second-order valence-electron chi connectivity index (χ2n) is 7.60. The van der Waals surface area contributed by atoms with Crippen molar-refractivity contribution < 1.29 is 28.5 Å². The van der Waals surface area contributed by atoms with E-state index in [2.05, 4.69) is 5.32 Å². The Morgan fingerprint density at radius 2 is 1.59 bits per heavy atom. The SMILES string of the molecule is C[C@@H](OC(=O)C1c2ccccc2Oc2ccccc21)C(=O)NCc1ccc2c(c1)OCO2. The van der Waals surface area contributed by atoms with Gasteiger partial charge in [-0.25, -0.2) is 0 Å². The van der Waals surface area contributed by atoms with E-state index in [9.17, 15) is 9.59 Å². The molecular weight excluding hydrogens is 410 g/mol. The molecule has 0 spiro atoms. The Labute approximate surface area is 184 Å². The summed E-state index contributed by atoms with van der Waals surface area (Å²) in [5.41, 5.74) is 2.28. The lowest BCUT2D eigenvalue weighted by Crippen LogP contribution is -2.37. The number of para-hydroxylation sites is 2. The molecule has 0 aromatic heterocycles. The van der Waals surface area contributed by atoms with Crippen LogP contribution >= 0.6 is 0 Å². The standard InChI is InChI=1S/C25H21NO6/c1-15(24(27)26-13-16-10-11-21-22(12-16)30-14-29-21)31-25(28)23-17-6-2-4-8-19(17)32-20-9-5-3-7-18(20)23/h2-12,15,23H,13-14H2,1H3,(H,26,27)/t15-/m1/s1. The number of nitrogens with one attached hydrogen (secondary N) is 1. The Bertz CT molecular complexity index is 1150. The van der Waals surface area contributed by atoms with Gasteiger partial charge in [0.15, 0.2) is 17.6 Å². The third kappa shape index (κ3) is 3.73. The lowest BCUT2D eigenvalue weighted by Gasteiger charge is -2.27. The fourth-order valence-corrected chi connectivity index (χ4v) is 3.84. The highest BCUT2D eigenvalue weighted by molar-refractivity contribution is 5.89. The van der Waals surface area contributed by atoms with Crippen molar-refractivity contribution >= 4 is 11.9 Å². The molecule has 2 aliphatic rings. The van der Waals surface area contributed by atoms with E-state index in [1.807, 2.05) is 60.7 Å². The van der Waals surface area contributed by atoms with E-state index in [1.54, 1.807) is 13.0 Å². The van der Waals surface area contributed by atoms with E-state index >= 15 is 0 Å². The minimum Gasteiger partial charge on any atom is -0.457 e. The summed E-state index contributed by atoms with van der Waals surface area (Å²) in [6.07, 6.45) is -0.960. The van der Waals surface area contributed by atoms with Crippen LogP contribution < -0.4 is 19.5 Å². The molecule has 1 N–H and O–H groups in total. The topological polar surface area (TPSA) is 83.1 Å². The van der Waals surface area contributed by atoms with Gasteiger partial charge >= 0.3 is 5.97 Å². The predicted octanol–water partition coefficient (Wildman–Crippen LogP) is 3.90. The minimum absolute atomic E-state index is 0.191. The lowest BCUT2D eigenvalue weighted by molar-refractivity contribution is -0.155. The Kier molecular flexibility index (Phi) is 5.15. The van der Waals surface area contributed by atoms with E-state index in [4.69, 9.17) is 18.9 Å². The highest BCUT2D eigenvalue weighted by Crippen LogP contribution is 2.44. The van der Waals surface area contributed by atoms with Crippen LogP contribution in [0.4, 0.5) is 0 Å². The van der Waals surface area contributed by atoms with Crippen molar-refractivity contribution in [1.29, 1.82) is 0 Å². The number of hydrogen-bond donors (Lipinski definition) is 1. The van der Waals surface area contributed by atoms with Crippen molar-refractivity contribution in [3.05, 3.63) is 83.4 Å². The van der Waals surface area contributed by atoms with E-state index in [-0.39, 0.29) is 19.2 Å². The first kappa shape index (κ1) is 19.9. The average Bonchev–Trinajstić information content (AvgIpc) is 3.28. The van der Waals surface area contributed by atoms with Crippen molar-refractivity contribution in [2.24, 2.45) is 0 Å². The summed E-state index contributed by atoms with van der Waals surface area (Å²) in [5.74, 6) is 0.984. The van der Waals surface area contributed by atoms with E-state index in [1.165, 1.54) is 0 Å². The summed E-state index contributed by atoms with van der Waals surface area (Å²) in [7, 11) is 0. The number of carbonyl (C=O) groups is 2. The first-order valence-corrected chi connectivity index (χ1v) is 10.3. The molecule has 0 radical (unpaired) electrons. The van der Waals surface area contributed by atoms with Crippen molar-refractivity contribution in [3.8, 4) is 23.0 Å². The van der Waals surface area contributed by atoms with Crippen LogP contribution in [0.2, 0.25) is 0 Å². The molecule has 1 atom stereocenters. The zero-order valence-electron chi connectivity index (χ0n) is 17.4. The number of rotatable bonds is 5. The molecule has 3 aromatic rings. The molecule has 1 amide bonds. The Balaban J connectivity index is 1.27. The fraction of sp³-hybridized carbons (Fsp3) is 0.200. The molecule has 2 aliphatic heterocycles. The summed E-state index contributed by atoms with van der Waals surface area (Å²) < 4.78 is 22.1. The maximum atomic E-state index is 13.2. The van der Waals surface area contributed by atoms with Gasteiger partial charge in [0.2, 0.25) is 6.79 Å². The third-order valence-corrected chi connectivity index (χ3v) is 5.48. The van der Waals surface area contributed by atoms with Crippen molar-refractivity contribution in [2.45, 2.75) is 25.5 Å². The van der Waals surface area contributed by atoms with Gasteiger partial charge in [0.25, 0.3) is 5.91 Å². The molecule has 162 valence electrons. The molecule has 0 unspecified atom stereocenters. The Morgan fingerprint density at radius 3 is 2.31 bits per heavy atom. The maximum absolute atomic E-state index is 13.2. The maximum Gasteiger partial charge on any atom is 0.318 e. The van der Waals surface area contributed by atoms with Gasteiger partial charge in [-0.3, -0.25) is 9.59 Å². The molecular formula is C25H21NO6. The molecule has 0 saturated carbocycles. The number of esters is 1. The smallest absolute Gasteiger partial charge is 0.318 e. The number of amides is 1. The van der Waals surface area contributed by atoms with Gasteiger partial charge in [0.1, 0.15) is 17.4 Å². The third-order valence-electron chi connectivity index (χ3n) is 5.48. The van der Waals surface area contributed by atoms with E-state index in [0.717, 1.165) is 5.56 Å². The van der Waals surface area contributed by atoms with Crippen molar-refractivity contribution in [2.75, 3.05) is 6.79 Å². The van der Waals surface area contributed by atoms with E-state index in [0.29, 0.717) is 34.1 Å². The highest BCUT2D eigenvalue weighted by Gasteiger charge is 2.35. The number of ether oxygens (including phenoxy) is 4. The second kappa shape index (κ2) is 8.26. The molecule has 5 rings (SSSR count). The fourth-order valence-electron chi connectivity index (χ4n) is 3.84. The Morgan fingerprint density at radius 1 is 0.938 bits per heavy atom. The highest BCUT2D eigenvalue weighted by atomic mass is 16.7. The molecule has 3 aromatic carbocycles. The quantitative estimate of drug-likeness (QED) is 0.617. The van der Waals surface area contributed by atoms with Crippen LogP contribution in [0, 0.1) is 0 Å². The molecule has 7 nitrogen and oxygen atoms in total. The van der Waals surface area contributed by atoms with Crippen LogP contribution in [-0.2, 0) is 20.9 Å². The van der Waals surface area contributed by atoms with Gasteiger partial charge in [-0.1, -0.05) is 42.5 Å². The van der Waals surface area contributed by atoms with Crippen LogP contribution in [0.5, 0.6) is 23.0 Å². The predicted molar refractivity (Wildman–Crippen MR) is 115 cm³/mol.